The summed E-state index contributed by atoms with van der Waals surface area (Å²) in [5.41, 5.74) is 1.15. The maximum Gasteiger partial charge on any atom is 0.334 e. The van der Waals surface area contributed by atoms with E-state index in [1.54, 1.807) is 12.4 Å². The Hall–Kier alpha value is -2.56. The number of carboxylic acid groups (broad SMARTS) is 1. The van der Waals surface area contributed by atoms with Gasteiger partial charge in [0.1, 0.15) is 11.9 Å². The fourth-order valence-electron chi connectivity index (χ4n) is 1.73. The number of hydrogen-bond donors (Lipinski definition) is 2. The van der Waals surface area contributed by atoms with Crippen LogP contribution in [0.3, 0.4) is 0 Å². The number of H-pyrrole nitrogens is 1. The van der Waals surface area contributed by atoms with Crippen LogP contribution in [0.25, 0.3) is 0 Å². The first-order chi connectivity index (χ1) is 9.18. The smallest absolute Gasteiger partial charge is 0.334 e. The number of carbonyl (C=O) groups is 1. The first kappa shape index (κ1) is 12.9. The quantitative estimate of drug-likeness (QED) is 0.808. The summed E-state index contributed by atoms with van der Waals surface area (Å²) < 4.78 is 5.45. The highest BCUT2D eigenvalue weighted by Gasteiger charge is 2.27. The van der Waals surface area contributed by atoms with Crippen molar-refractivity contribution < 1.29 is 14.6 Å². The van der Waals surface area contributed by atoms with E-state index >= 15 is 0 Å². The van der Waals surface area contributed by atoms with E-state index < -0.39 is 12.1 Å². The van der Waals surface area contributed by atoms with E-state index in [9.17, 15) is 4.79 Å². The van der Waals surface area contributed by atoms with Crippen LogP contribution in [0.4, 0.5) is 0 Å². The van der Waals surface area contributed by atoms with E-state index in [4.69, 9.17) is 9.84 Å². The zero-order valence-electron chi connectivity index (χ0n) is 10.2. The van der Waals surface area contributed by atoms with Crippen LogP contribution in [-0.4, -0.2) is 27.4 Å². The molecule has 0 bridgehead atoms. The van der Waals surface area contributed by atoms with Crippen molar-refractivity contribution in [3.8, 4) is 5.75 Å². The van der Waals surface area contributed by atoms with Gasteiger partial charge < -0.3 is 9.84 Å². The molecule has 98 valence electrons. The van der Waals surface area contributed by atoms with Crippen LogP contribution in [0, 0.1) is 0 Å². The number of aromatic nitrogens is 2. The van der Waals surface area contributed by atoms with Gasteiger partial charge in [0.2, 0.25) is 0 Å². The molecule has 2 N–H and O–H groups in total. The lowest BCUT2D eigenvalue weighted by Gasteiger charge is -2.09. The predicted octanol–water partition coefficient (Wildman–Crippen LogP) is 2.04. The molecule has 0 saturated carbocycles. The molecule has 2 aromatic rings. The van der Waals surface area contributed by atoms with E-state index in [0.717, 1.165) is 11.3 Å². The number of aliphatic carboxylic acids is 1. The maximum absolute atomic E-state index is 10.7. The monoisotopic (exact) mass is 258 g/mol. The predicted molar refractivity (Wildman–Crippen MR) is 69.9 cm³/mol. The average Bonchev–Trinajstić information content (AvgIpc) is 3.09. The molecule has 1 aromatic carbocycles. The molecular formula is C14H14N2O3. The minimum atomic E-state index is -0.997. The van der Waals surface area contributed by atoms with Crippen molar-refractivity contribution in [1.29, 1.82) is 0 Å². The van der Waals surface area contributed by atoms with Crippen molar-refractivity contribution in [3.63, 3.8) is 0 Å². The van der Waals surface area contributed by atoms with Gasteiger partial charge in [-0.3, -0.25) is 5.10 Å². The molecule has 0 amide bonds. The summed E-state index contributed by atoms with van der Waals surface area (Å²) in [5, 5.41) is 15.0. The molecule has 1 unspecified atom stereocenters. The Morgan fingerprint density at radius 1 is 1.42 bits per heavy atom. The first-order valence-electron chi connectivity index (χ1n) is 5.79. The van der Waals surface area contributed by atoms with Crippen molar-refractivity contribution in [2.75, 3.05) is 0 Å². The van der Waals surface area contributed by atoms with Crippen molar-refractivity contribution in [1.82, 2.24) is 10.2 Å². The lowest BCUT2D eigenvalue weighted by Crippen LogP contribution is -2.21. The number of aromatic amines is 1. The third-order valence-corrected chi connectivity index (χ3v) is 2.72. The second-order valence-electron chi connectivity index (χ2n) is 4.02. The van der Waals surface area contributed by atoms with Gasteiger partial charge in [0, 0.05) is 18.8 Å². The molecule has 5 heteroatoms. The number of benzene rings is 1. The molecule has 1 atom stereocenters. The SMILES string of the molecule is C=C(C(=O)O)C1Cc2ccccc2O1.c1cn[nH]c1. The van der Waals surface area contributed by atoms with Crippen molar-refractivity contribution >= 4 is 5.97 Å². The minimum absolute atomic E-state index is 0.112. The summed E-state index contributed by atoms with van der Waals surface area (Å²) in [5.74, 6) is -0.234. The van der Waals surface area contributed by atoms with Gasteiger partial charge in [-0.1, -0.05) is 24.8 Å². The molecule has 1 aromatic heterocycles. The fourth-order valence-corrected chi connectivity index (χ4v) is 1.73. The summed E-state index contributed by atoms with van der Waals surface area (Å²) >= 11 is 0. The molecule has 0 spiro atoms. The highest BCUT2D eigenvalue weighted by atomic mass is 16.5. The first-order valence-corrected chi connectivity index (χ1v) is 5.79. The Balaban J connectivity index is 0.000000224. The van der Waals surface area contributed by atoms with Gasteiger partial charge in [-0.25, -0.2) is 4.79 Å². The second-order valence-corrected chi connectivity index (χ2v) is 4.02. The van der Waals surface area contributed by atoms with Crippen LogP contribution in [0.15, 0.2) is 54.9 Å². The Bertz CT molecular complexity index is 522. The van der Waals surface area contributed by atoms with Gasteiger partial charge in [0.15, 0.2) is 0 Å². The zero-order valence-corrected chi connectivity index (χ0v) is 10.2. The van der Waals surface area contributed by atoms with Crippen LogP contribution in [0.1, 0.15) is 5.56 Å². The lowest BCUT2D eigenvalue weighted by molar-refractivity contribution is -0.133. The number of ether oxygens (including phenoxy) is 1. The third-order valence-electron chi connectivity index (χ3n) is 2.72. The number of nitrogens with one attached hydrogen (secondary N) is 1. The molecule has 2 heterocycles. The molecule has 0 aliphatic carbocycles. The van der Waals surface area contributed by atoms with Gasteiger partial charge in [-0.15, -0.1) is 0 Å². The van der Waals surface area contributed by atoms with Gasteiger partial charge >= 0.3 is 5.97 Å². The van der Waals surface area contributed by atoms with Crippen molar-refractivity contribution in [2.24, 2.45) is 0 Å². The Morgan fingerprint density at radius 2 is 2.21 bits per heavy atom. The molecule has 0 fully saturated rings. The lowest BCUT2D eigenvalue weighted by atomic mass is 10.1. The van der Waals surface area contributed by atoms with Crippen LogP contribution >= 0.6 is 0 Å². The zero-order chi connectivity index (χ0) is 13.7. The number of rotatable bonds is 2. The second kappa shape index (κ2) is 5.86. The topological polar surface area (TPSA) is 75.2 Å². The molecular weight excluding hydrogens is 244 g/mol. The molecule has 0 saturated heterocycles. The van der Waals surface area contributed by atoms with Crippen LogP contribution < -0.4 is 4.74 Å². The molecule has 5 nitrogen and oxygen atoms in total. The summed E-state index contributed by atoms with van der Waals surface area (Å²) in [6, 6.07) is 9.38. The Morgan fingerprint density at radius 3 is 2.74 bits per heavy atom. The van der Waals surface area contributed by atoms with Gasteiger partial charge in [-0.2, -0.15) is 5.10 Å². The van der Waals surface area contributed by atoms with E-state index in [0.29, 0.717) is 6.42 Å². The summed E-state index contributed by atoms with van der Waals surface area (Å²) in [7, 11) is 0. The normalized spacial score (nSPS) is 15.7. The fraction of sp³-hybridized carbons (Fsp3) is 0.143. The molecule has 1 aliphatic heterocycles. The van der Waals surface area contributed by atoms with E-state index in [2.05, 4.69) is 16.8 Å². The highest BCUT2D eigenvalue weighted by molar-refractivity contribution is 5.87. The summed E-state index contributed by atoms with van der Waals surface area (Å²) in [4.78, 5) is 10.7. The maximum atomic E-state index is 10.7. The number of nitrogens with zero attached hydrogens (tertiary/aromatic N) is 1. The minimum Gasteiger partial charge on any atom is -0.485 e. The number of hydrogen-bond acceptors (Lipinski definition) is 3. The molecule has 19 heavy (non-hydrogen) atoms. The Labute approximate surface area is 110 Å². The Kier molecular flexibility index (Phi) is 3.97. The van der Waals surface area contributed by atoms with Crippen molar-refractivity contribution in [3.05, 3.63) is 60.4 Å². The van der Waals surface area contributed by atoms with Crippen molar-refractivity contribution in [2.45, 2.75) is 12.5 Å². The van der Waals surface area contributed by atoms with Crippen LogP contribution in [0.5, 0.6) is 5.75 Å². The standard InChI is InChI=1S/C11H10O3.C3H4N2/c1-7(11(12)13)10-6-8-4-2-3-5-9(8)14-10;1-2-4-5-3-1/h2-5,10H,1,6H2,(H,12,13);1-3H,(H,4,5). The number of para-hydroxylation sites is 1. The summed E-state index contributed by atoms with van der Waals surface area (Å²) in [6.45, 7) is 3.49. The third kappa shape index (κ3) is 3.22. The van der Waals surface area contributed by atoms with Crippen LogP contribution in [0.2, 0.25) is 0 Å². The van der Waals surface area contributed by atoms with Gasteiger partial charge in [0.05, 0.1) is 5.57 Å². The van der Waals surface area contributed by atoms with Gasteiger partial charge in [-0.05, 0) is 17.7 Å². The van der Waals surface area contributed by atoms with Gasteiger partial charge in [0.25, 0.3) is 0 Å². The number of carboxylic acids is 1. The molecule has 1 aliphatic rings. The summed E-state index contributed by atoms with van der Waals surface area (Å²) in [6.07, 6.45) is 3.64. The largest absolute Gasteiger partial charge is 0.485 e. The van der Waals surface area contributed by atoms with E-state index in [-0.39, 0.29) is 5.57 Å². The highest BCUT2D eigenvalue weighted by Crippen LogP contribution is 2.30. The van der Waals surface area contributed by atoms with E-state index in [1.165, 1.54) is 0 Å². The average molecular weight is 258 g/mol. The molecule has 0 radical (unpaired) electrons. The number of fused-ring (bicyclic) bond motifs is 1. The van der Waals surface area contributed by atoms with Crippen LogP contribution in [-0.2, 0) is 11.2 Å². The van der Waals surface area contributed by atoms with E-state index in [1.807, 2.05) is 30.3 Å². The molecule has 3 rings (SSSR count).